The van der Waals surface area contributed by atoms with Gasteiger partial charge >= 0.3 is 6.18 Å². The van der Waals surface area contributed by atoms with E-state index in [1.165, 1.54) is 0 Å². The van der Waals surface area contributed by atoms with Crippen LogP contribution in [0, 0.1) is 0 Å². The second-order valence-electron chi connectivity index (χ2n) is 3.25. The van der Waals surface area contributed by atoms with Gasteiger partial charge in [-0.1, -0.05) is 0 Å². The standard InChI is InChI=1S/C7H13F3N2O3/c1-6(11,7(8,9)10)5(15)12-2-4(14)3-13/h4,13-14H,2-3,11H2,1H3,(H,12,15). The molecular weight excluding hydrogens is 217 g/mol. The molecule has 0 spiro atoms. The minimum atomic E-state index is -4.87. The zero-order valence-electron chi connectivity index (χ0n) is 8.01. The Morgan fingerprint density at radius 1 is 1.53 bits per heavy atom. The van der Waals surface area contributed by atoms with E-state index in [1.807, 2.05) is 0 Å². The van der Waals surface area contributed by atoms with E-state index in [1.54, 1.807) is 5.32 Å². The number of nitrogens with one attached hydrogen (secondary N) is 1. The van der Waals surface area contributed by atoms with Gasteiger partial charge in [0.2, 0.25) is 5.91 Å². The highest BCUT2D eigenvalue weighted by molar-refractivity contribution is 5.86. The smallest absolute Gasteiger partial charge is 0.394 e. The zero-order valence-corrected chi connectivity index (χ0v) is 8.01. The lowest BCUT2D eigenvalue weighted by atomic mass is 10.0. The van der Waals surface area contributed by atoms with E-state index in [2.05, 4.69) is 0 Å². The van der Waals surface area contributed by atoms with E-state index >= 15 is 0 Å². The van der Waals surface area contributed by atoms with Crippen LogP contribution in [0.4, 0.5) is 13.2 Å². The van der Waals surface area contributed by atoms with Crippen LogP contribution in [0.15, 0.2) is 0 Å². The Kier molecular flexibility index (Phi) is 4.50. The molecule has 0 aliphatic heterocycles. The molecule has 0 heterocycles. The minimum Gasteiger partial charge on any atom is -0.394 e. The summed E-state index contributed by atoms with van der Waals surface area (Å²) >= 11 is 0. The second-order valence-corrected chi connectivity index (χ2v) is 3.25. The zero-order chi connectivity index (χ0) is 12.3. The summed E-state index contributed by atoms with van der Waals surface area (Å²) in [5.74, 6) is -1.46. The van der Waals surface area contributed by atoms with Crippen molar-refractivity contribution in [3.05, 3.63) is 0 Å². The van der Waals surface area contributed by atoms with Crippen molar-refractivity contribution >= 4 is 5.91 Å². The molecular formula is C7H13F3N2O3. The summed E-state index contributed by atoms with van der Waals surface area (Å²) in [6, 6.07) is 0. The minimum absolute atomic E-state index is 0.488. The number of carbonyl (C=O) groups excluding carboxylic acids is 1. The molecule has 5 nitrogen and oxygen atoms in total. The van der Waals surface area contributed by atoms with Gasteiger partial charge in [-0.15, -0.1) is 0 Å². The predicted molar refractivity (Wildman–Crippen MR) is 44.7 cm³/mol. The topological polar surface area (TPSA) is 95.6 Å². The molecule has 15 heavy (non-hydrogen) atoms. The van der Waals surface area contributed by atoms with Gasteiger partial charge < -0.3 is 21.3 Å². The molecule has 0 saturated heterocycles. The molecule has 0 radical (unpaired) electrons. The van der Waals surface area contributed by atoms with E-state index in [9.17, 15) is 18.0 Å². The summed E-state index contributed by atoms with van der Waals surface area (Å²) in [4.78, 5) is 11.0. The van der Waals surface area contributed by atoms with Crippen LogP contribution in [0.25, 0.3) is 0 Å². The first-order chi connectivity index (χ1) is 6.63. The van der Waals surface area contributed by atoms with Crippen molar-refractivity contribution in [2.24, 2.45) is 5.73 Å². The molecule has 0 rings (SSSR count). The van der Waals surface area contributed by atoms with E-state index in [0.29, 0.717) is 6.92 Å². The summed E-state index contributed by atoms with van der Waals surface area (Å²) in [6.07, 6.45) is -6.18. The first-order valence-electron chi connectivity index (χ1n) is 4.05. The van der Waals surface area contributed by atoms with Crippen LogP contribution in [-0.2, 0) is 4.79 Å². The van der Waals surface area contributed by atoms with Crippen LogP contribution in [-0.4, -0.2) is 47.1 Å². The Balaban J connectivity index is 4.33. The number of amides is 1. The quantitative estimate of drug-likeness (QED) is 0.484. The van der Waals surface area contributed by atoms with Crippen LogP contribution in [0.3, 0.4) is 0 Å². The number of aliphatic hydroxyl groups excluding tert-OH is 2. The number of hydrogen-bond donors (Lipinski definition) is 4. The van der Waals surface area contributed by atoms with Crippen LogP contribution in [0.5, 0.6) is 0 Å². The largest absolute Gasteiger partial charge is 0.415 e. The molecule has 5 N–H and O–H groups in total. The van der Waals surface area contributed by atoms with Crippen molar-refractivity contribution in [1.29, 1.82) is 0 Å². The molecule has 0 aliphatic rings. The molecule has 0 aromatic heterocycles. The molecule has 0 aromatic rings. The molecule has 0 bridgehead atoms. The second kappa shape index (κ2) is 4.77. The highest BCUT2D eigenvalue weighted by Crippen LogP contribution is 2.27. The summed E-state index contributed by atoms with van der Waals surface area (Å²) in [6.45, 7) is -0.626. The van der Waals surface area contributed by atoms with Crippen molar-refractivity contribution in [2.45, 2.75) is 24.7 Å². The van der Waals surface area contributed by atoms with Crippen LogP contribution in [0.2, 0.25) is 0 Å². The monoisotopic (exact) mass is 230 g/mol. The fourth-order valence-corrected chi connectivity index (χ4v) is 0.587. The molecule has 2 atom stereocenters. The van der Waals surface area contributed by atoms with Crippen LogP contribution in [0.1, 0.15) is 6.92 Å². The SMILES string of the molecule is CC(N)(C(=O)NCC(O)CO)C(F)(F)F. The fraction of sp³-hybridized carbons (Fsp3) is 0.857. The normalized spacial score (nSPS) is 18.1. The summed E-state index contributed by atoms with van der Waals surface area (Å²) in [5.41, 5.74) is 1.77. The molecule has 2 unspecified atom stereocenters. The third-order valence-corrected chi connectivity index (χ3v) is 1.77. The van der Waals surface area contributed by atoms with Gasteiger partial charge in [0.1, 0.15) is 0 Å². The Morgan fingerprint density at radius 3 is 2.33 bits per heavy atom. The number of alkyl halides is 3. The van der Waals surface area contributed by atoms with E-state index < -0.39 is 36.9 Å². The maximum Gasteiger partial charge on any atom is 0.415 e. The third kappa shape index (κ3) is 3.65. The summed E-state index contributed by atoms with van der Waals surface area (Å²) in [7, 11) is 0. The van der Waals surface area contributed by atoms with Crippen molar-refractivity contribution in [2.75, 3.05) is 13.2 Å². The first-order valence-corrected chi connectivity index (χ1v) is 4.05. The fourth-order valence-electron chi connectivity index (χ4n) is 0.587. The summed E-state index contributed by atoms with van der Waals surface area (Å²) < 4.78 is 36.6. The average molecular weight is 230 g/mol. The molecule has 90 valence electrons. The maximum absolute atomic E-state index is 12.2. The number of halogens is 3. The number of hydrogen-bond acceptors (Lipinski definition) is 4. The molecule has 0 saturated carbocycles. The Labute approximate surface area is 84.1 Å². The lowest BCUT2D eigenvalue weighted by Crippen LogP contribution is -2.62. The highest BCUT2D eigenvalue weighted by atomic mass is 19.4. The van der Waals surface area contributed by atoms with Crippen molar-refractivity contribution < 1.29 is 28.2 Å². The van der Waals surface area contributed by atoms with Gasteiger partial charge in [-0.25, -0.2) is 0 Å². The Hall–Kier alpha value is -0.860. The van der Waals surface area contributed by atoms with Gasteiger partial charge in [0, 0.05) is 6.54 Å². The Morgan fingerprint density at radius 2 is 2.00 bits per heavy atom. The summed E-state index contributed by atoms with van der Waals surface area (Å²) in [5, 5.41) is 18.9. The van der Waals surface area contributed by atoms with E-state index in [0.717, 1.165) is 0 Å². The number of aliphatic hydroxyl groups is 2. The Bertz CT molecular complexity index is 230. The van der Waals surface area contributed by atoms with Gasteiger partial charge in [-0.2, -0.15) is 13.2 Å². The van der Waals surface area contributed by atoms with Gasteiger partial charge in [0.05, 0.1) is 12.7 Å². The lowest BCUT2D eigenvalue weighted by Gasteiger charge is -2.26. The van der Waals surface area contributed by atoms with Gasteiger partial charge in [0.15, 0.2) is 5.54 Å². The number of nitrogens with two attached hydrogens (primary N) is 1. The van der Waals surface area contributed by atoms with Crippen molar-refractivity contribution in [3.63, 3.8) is 0 Å². The molecule has 0 fully saturated rings. The predicted octanol–water partition coefficient (Wildman–Crippen LogP) is -1.26. The lowest BCUT2D eigenvalue weighted by molar-refractivity contribution is -0.187. The molecule has 1 amide bonds. The van der Waals surface area contributed by atoms with Crippen molar-refractivity contribution in [3.8, 4) is 0 Å². The van der Waals surface area contributed by atoms with Gasteiger partial charge in [-0.3, -0.25) is 4.79 Å². The van der Waals surface area contributed by atoms with Crippen LogP contribution < -0.4 is 11.1 Å². The van der Waals surface area contributed by atoms with E-state index in [4.69, 9.17) is 15.9 Å². The van der Waals surface area contributed by atoms with E-state index in [-0.39, 0.29) is 0 Å². The van der Waals surface area contributed by atoms with Gasteiger partial charge in [0.25, 0.3) is 0 Å². The number of rotatable bonds is 4. The molecule has 0 aromatic carbocycles. The van der Waals surface area contributed by atoms with Crippen LogP contribution >= 0.6 is 0 Å². The number of carbonyl (C=O) groups is 1. The van der Waals surface area contributed by atoms with Crippen molar-refractivity contribution in [1.82, 2.24) is 5.32 Å². The average Bonchev–Trinajstić information content (AvgIpc) is 2.11. The molecule has 8 heteroatoms. The van der Waals surface area contributed by atoms with Gasteiger partial charge in [-0.05, 0) is 6.92 Å². The maximum atomic E-state index is 12.2. The third-order valence-electron chi connectivity index (χ3n) is 1.77. The highest BCUT2D eigenvalue weighted by Gasteiger charge is 2.53. The molecule has 0 aliphatic carbocycles. The first kappa shape index (κ1) is 14.1.